The number of nitrogens with one attached hydrogen (secondary N) is 1. The second-order valence-corrected chi connectivity index (χ2v) is 9.14. The fraction of sp³-hybridized carbons (Fsp3) is 0.233. The molecule has 0 spiro atoms. The van der Waals surface area contributed by atoms with Crippen LogP contribution in [0.4, 0.5) is 4.39 Å². The number of rotatable bonds is 7. The van der Waals surface area contributed by atoms with E-state index in [1.165, 1.54) is 12.1 Å². The van der Waals surface area contributed by atoms with Crippen LogP contribution < -0.4 is 5.32 Å². The zero-order chi connectivity index (χ0) is 24.9. The van der Waals surface area contributed by atoms with Crippen molar-refractivity contribution in [1.82, 2.24) is 14.8 Å². The van der Waals surface area contributed by atoms with Crippen LogP contribution in [0, 0.1) is 5.82 Å². The number of nitrogens with zero attached hydrogens (tertiary/aromatic N) is 2. The third-order valence-corrected chi connectivity index (χ3v) is 6.64. The number of morpholine rings is 1. The van der Waals surface area contributed by atoms with Crippen LogP contribution in [0.15, 0.2) is 84.9 Å². The first-order chi connectivity index (χ1) is 17.6. The van der Waals surface area contributed by atoms with Crippen molar-refractivity contribution in [2.24, 2.45) is 7.05 Å². The Labute approximate surface area is 210 Å². The highest BCUT2D eigenvalue weighted by Crippen LogP contribution is 2.33. The summed E-state index contributed by atoms with van der Waals surface area (Å²) in [6, 6.07) is 25.0. The molecule has 0 saturated carbocycles. The zero-order valence-corrected chi connectivity index (χ0v) is 20.4. The van der Waals surface area contributed by atoms with E-state index in [0.717, 1.165) is 46.4 Å². The van der Waals surface area contributed by atoms with Crippen LogP contribution >= 0.6 is 0 Å². The van der Waals surface area contributed by atoms with Crippen molar-refractivity contribution >= 4 is 22.9 Å². The molecule has 1 fully saturated rings. The monoisotopic (exact) mass is 483 g/mol. The molecule has 6 heteroatoms. The molecule has 1 saturated heterocycles. The highest BCUT2D eigenvalue weighted by atomic mass is 19.1. The zero-order valence-electron chi connectivity index (χ0n) is 20.4. The van der Waals surface area contributed by atoms with Crippen LogP contribution in [0.2, 0.25) is 0 Å². The molecule has 1 aliphatic rings. The Balaban J connectivity index is 1.25. The maximum atomic E-state index is 13.2. The van der Waals surface area contributed by atoms with Crippen molar-refractivity contribution in [1.29, 1.82) is 0 Å². The predicted octanol–water partition coefficient (Wildman–Crippen LogP) is 5.01. The lowest BCUT2D eigenvalue weighted by molar-refractivity contribution is -0.117. The SMILES string of the molecule is Cn1c(-c2ccccc2)c(C=CC(=O)NCC2CN(Cc3ccc(F)cc3)CCO2)c2ccccc21. The molecule has 1 unspecified atom stereocenters. The molecule has 1 aliphatic heterocycles. The van der Waals surface area contributed by atoms with Crippen LogP contribution in [0.1, 0.15) is 11.1 Å². The molecule has 36 heavy (non-hydrogen) atoms. The van der Waals surface area contributed by atoms with Gasteiger partial charge >= 0.3 is 0 Å². The molecule has 184 valence electrons. The van der Waals surface area contributed by atoms with E-state index in [0.29, 0.717) is 19.7 Å². The van der Waals surface area contributed by atoms with Gasteiger partial charge in [0.25, 0.3) is 0 Å². The normalized spacial score (nSPS) is 16.6. The van der Waals surface area contributed by atoms with Crippen molar-refractivity contribution in [2.45, 2.75) is 12.6 Å². The van der Waals surface area contributed by atoms with E-state index in [1.54, 1.807) is 6.08 Å². The molecule has 1 amide bonds. The molecule has 0 radical (unpaired) electrons. The van der Waals surface area contributed by atoms with Gasteiger partial charge in [0.1, 0.15) is 5.82 Å². The maximum absolute atomic E-state index is 13.2. The second-order valence-electron chi connectivity index (χ2n) is 9.14. The van der Waals surface area contributed by atoms with Gasteiger partial charge in [0.15, 0.2) is 0 Å². The van der Waals surface area contributed by atoms with Crippen molar-refractivity contribution in [2.75, 3.05) is 26.2 Å². The van der Waals surface area contributed by atoms with E-state index in [9.17, 15) is 9.18 Å². The fourth-order valence-corrected chi connectivity index (χ4v) is 4.86. The molecule has 1 N–H and O–H groups in total. The van der Waals surface area contributed by atoms with Crippen molar-refractivity contribution in [3.8, 4) is 11.3 Å². The summed E-state index contributed by atoms with van der Waals surface area (Å²) in [6.45, 7) is 3.30. The number of aromatic nitrogens is 1. The number of para-hydroxylation sites is 1. The van der Waals surface area contributed by atoms with E-state index >= 15 is 0 Å². The Bertz CT molecular complexity index is 1360. The molecular formula is C30H30FN3O2. The molecule has 3 aromatic carbocycles. The number of hydrogen-bond donors (Lipinski definition) is 1. The number of carbonyl (C=O) groups excluding carboxylic acids is 1. The highest BCUT2D eigenvalue weighted by Gasteiger charge is 2.21. The lowest BCUT2D eigenvalue weighted by atomic mass is 10.0. The van der Waals surface area contributed by atoms with E-state index < -0.39 is 0 Å². The third kappa shape index (κ3) is 5.40. The quantitative estimate of drug-likeness (QED) is 0.376. The summed E-state index contributed by atoms with van der Waals surface area (Å²) in [4.78, 5) is 15.0. The molecule has 4 aromatic rings. The van der Waals surface area contributed by atoms with Gasteiger partial charge in [-0.15, -0.1) is 0 Å². The average Bonchev–Trinajstić information content (AvgIpc) is 3.20. The summed E-state index contributed by atoms with van der Waals surface area (Å²) < 4.78 is 21.2. The molecule has 1 aromatic heterocycles. The van der Waals surface area contributed by atoms with Crippen molar-refractivity contribution < 1.29 is 13.9 Å². The largest absolute Gasteiger partial charge is 0.374 e. The lowest BCUT2D eigenvalue weighted by Crippen LogP contribution is -2.46. The van der Waals surface area contributed by atoms with E-state index in [1.807, 2.05) is 48.5 Å². The Morgan fingerprint density at radius 3 is 2.61 bits per heavy atom. The Hall–Kier alpha value is -3.74. The maximum Gasteiger partial charge on any atom is 0.244 e. The first-order valence-corrected chi connectivity index (χ1v) is 12.3. The summed E-state index contributed by atoms with van der Waals surface area (Å²) >= 11 is 0. The standard InChI is InChI=1S/C30H30FN3O2/c1-33-28-10-6-5-9-26(28)27(30(33)23-7-3-2-4-8-23)15-16-29(35)32-19-25-21-34(17-18-36-25)20-22-11-13-24(31)14-12-22/h2-16,25H,17-21H2,1H3,(H,32,35). The number of fused-ring (bicyclic) bond motifs is 1. The van der Waals surface area contributed by atoms with Crippen molar-refractivity contribution in [3.63, 3.8) is 0 Å². The number of ether oxygens (including phenoxy) is 1. The van der Waals surface area contributed by atoms with Gasteiger partial charge in [-0.1, -0.05) is 60.7 Å². The lowest BCUT2D eigenvalue weighted by Gasteiger charge is -2.33. The highest BCUT2D eigenvalue weighted by molar-refractivity contribution is 6.01. The fourth-order valence-electron chi connectivity index (χ4n) is 4.86. The topological polar surface area (TPSA) is 46.5 Å². The van der Waals surface area contributed by atoms with Gasteiger partial charge in [-0.3, -0.25) is 9.69 Å². The minimum atomic E-state index is -0.228. The van der Waals surface area contributed by atoms with E-state index in [4.69, 9.17) is 4.74 Å². The van der Waals surface area contributed by atoms with Crippen LogP contribution in [0.3, 0.4) is 0 Å². The van der Waals surface area contributed by atoms with Gasteiger partial charge in [-0.25, -0.2) is 4.39 Å². The minimum absolute atomic E-state index is 0.0889. The summed E-state index contributed by atoms with van der Waals surface area (Å²) in [5, 5.41) is 4.10. The number of benzene rings is 3. The summed E-state index contributed by atoms with van der Waals surface area (Å²) in [7, 11) is 2.06. The number of hydrogen-bond acceptors (Lipinski definition) is 3. The summed E-state index contributed by atoms with van der Waals surface area (Å²) in [5.41, 5.74) is 5.39. The number of carbonyl (C=O) groups is 1. The van der Waals surface area contributed by atoms with Gasteiger partial charge in [0.2, 0.25) is 5.91 Å². The molecule has 5 rings (SSSR count). The van der Waals surface area contributed by atoms with Gasteiger partial charge in [0, 0.05) is 55.8 Å². The van der Waals surface area contributed by atoms with Gasteiger partial charge < -0.3 is 14.6 Å². The number of halogens is 1. The van der Waals surface area contributed by atoms with Crippen molar-refractivity contribution in [3.05, 3.63) is 102 Å². The van der Waals surface area contributed by atoms with Crippen LogP contribution in [-0.2, 0) is 23.1 Å². The molecular weight excluding hydrogens is 453 g/mol. The second kappa shape index (κ2) is 10.9. The minimum Gasteiger partial charge on any atom is -0.374 e. The van der Waals surface area contributed by atoms with Crippen LogP contribution in [0.5, 0.6) is 0 Å². The van der Waals surface area contributed by atoms with Gasteiger partial charge in [-0.05, 0) is 35.4 Å². The molecule has 1 atom stereocenters. The molecule has 0 bridgehead atoms. The predicted molar refractivity (Wildman–Crippen MR) is 142 cm³/mol. The first-order valence-electron chi connectivity index (χ1n) is 12.3. The third-order valence-electron chi connectivity index (χ3n) is 6.64. The first kappa shape index (κ1) is 24.0. The van der Waals surface area contributed by atoms with Gasteiger partial charge in [0.05, 0.1) is 18.4 Å². The number of amides is 1. The summed E-state index contributed by atoms with van der Waals surface area (Å²) in [5.74, 6) is -0.380. The van der Waals surface area contributed by atoms with Crippen LogP contribution in [-0.4, -0.2) is 47.7 Å². The molecule has 0 aliphatic carbocycles. The molecule has 2 heterocycles. The Kier molecular flexibility index (Phi) is 7.26. The van der Waals surface area contributed by atoms with E-state index in [-0.39, 0.29) is 17.8 Å². The molecule has 5 nitrogen and oxygen atoms in total. The Morgan fingerprint density at radius 2 is 1.81 bits per heavy atom. The van der Waals surface area contributed by atoms with Crippen LogP contribution in [0.25, 0.3) is 28.2 Å². The van der Waals surface area contributed by atoms with Gasteiger partial charge in [-0.2, -0.15) is 0 Å². The Morgan fingerprint density at radius 1 is 1.06 bits per heavy atom. The number of aryl methyl sites for hydroxylation is 1. The summed E-state index contributed by atoms with van der Waals surface area (Å²) in [6.07, 6.45) is 3.42. The average molecular weight is 484 g/mol. The smallest absolute Gasteiger partial charge is 0.244 e. The van der Waals surface area contributed by atoms with E-state index in [2.05, 4.69) is 46.1 Å².